The number of nitrogens with zero attached hydrogens (tertiary/aromatic N) is 2. The van der Waals surface area contributed by atoms with E-state index in [4.69, 9.17) is 27.9 Å². The summed E-state index contributed by atoms with van der Waals surface area (Å²) in [6.45, 7) is 1.37. The molecule has 0 bridgehead atoms. The number of methoxy groups -OCH3 is 1. The van der Waals surface area contributed by atoms with Gasteiger partial charge in [0.25, 0.3) is 5.56 Å². The highest BCUT2D eigenvalue weighted by Gasteiger charge is 2.27. The fourth-order valence-electron chi connectivity index (χ4n) is 3.81. The molecule has 1 aliphatic rings. The number of benzene rings is 2. The first-order valence-corrected chi connectivity index (χ1v) is 10.0. The summed E-state index contributed by atoms with van der Waals surface area (Å²) >= 11 is 12.2. The van der Waals surface area contributed by atoms with Crippen LogP contribution < -0.4 is 5.56 Å². The molecule has 29 heavy (non-hydrogen) atoms. The molecule has 150 valence electrons. The second-order valence-corrected chi connectivity index (χ2v) is 7.85. The van der Waals surface area contributed by atoms with Crippen LogP contribution in [0.15, 0.2) is 41.2 Å². The fourth-order valence-corrected chi connectivity index (χ4v) is 4.12. The van der Waals surface area contributed by atoms with E-state index in [9.17, 15) is 9.59 Å². The molecule has 1 N–H and O–H groups in total. The van der Waals surface area contributed by atoms with Gasteiger partial charge in [-0.25, -0.2) is 9.78 Å². The van der Waals surface area contributed by atoms with Crippen LogP contribution in [-0.4, -0.2) is 34.5 Å². The molecule has 0 radical (unpaired) electrons. The number of aromatic nitrogens is 2. The van der Waals surface area contributed by atoms with E-state index in [2.05, 4.69) is 14.9 Å². The van der Waals surface area contributed by atoms with E-state index in [1.54, 1.807) is 24.3 Å². The summed E-state index contributed by atoms with van der Waals surface area (Å²) in [4.78, 5) is 34.0. The molecule has 1 unspecified atom stereocenters. The molecule has 2 heterocycles. The van der Waals surface area contributed by atoms with Crippen LogP contribution in [0.25, 0.3) is 10.9 Å². The van der Waals surface area contributed by atoms with Crippen LogP contribution in [0.4, 0.5) is 0 Å². The van der Waals surface area contributed by atoms with E-state index in [1.165, 1.54) is 7.11 Å². The van der Waals surface area contributed by atoms with Crippen LogP contribution in [0.1, 0.15) is 40.6 Å². The zero-order valence-electron chi connectivity index (χ0n) is 15.7. The van der Waals surface area contributed by atoms with Gasteiger partial charge >= 0.3 is 5.97 Å². The van der Waals surface area contributed by atoms with Gasteiger partial charge in [0, 0.05) is 6.04 Å². The molecule has 1 saturated heterocycles. The summed E-state index contributed by atoms with van der Waals surface area (Å²) in [6.07, 6.45) is 2.03. The van der Waals surface area contributed by atoms with Gasteiger partial charge in [0.1, 0.15) is 5.82 Å². The molecule has 2 aromatic carbocycles. The lowest BCUT2D eigenvalue weighted by molar-refractivity contribution is 0.0601. The van der Waals surface area contributed by atoms with E-state index in [0.29, 0.717) is 38.9 Å². The maximum absolute atomic E-state index is 12.5. The standard InChI is InChI=1S/C21H19Cl2N3O3/c1-29-21(28)13-4-6-14-17(10-13)24-19(25-20(14)27)11-26-8-2-3-18(26)12-5-7-15(22)16(23)9-12/h4-7,9-10,18H,2-3,8,11H2,1H3,(H,24,25,27). The van der Waals surface area contributed by atoms with Gasteiger partial charge in [-0.15, -0.1) is 0 Å². The normalized spacial score (nSPS) is 17.0. The van der Waals surface area contributed by atoms with Gasteiger partial charge in [-0.3, -0.25) is 9.69 Å². The van der Waals surface area contributed by atoms with Crippen molar-refractivity contribution in [2.24, 2.45) is 0 Å². The number of fused-ring (bicyclic) bond motifs is 1. The Bertz CT molecular complexity index is 1150. The Morgan fingerprint density at radius 2 is 2.07 bits per heavy atom. The number of hydrogen-bond donors (Lipinski definition) is 1. The maximum Gasteiger partial charge on any atom is 0.337 e. The number of halogens is 2. The van der Waals surface area contributed by atoms with Crippen LogP contribution in [0.3, 0.4) is 0 Å². The van der Waals surface area contributed by atoms with Crippen molar-refractivity contribution >= 4 is 40.1 Å². The van der Waals surface area contributed by atoms with Crippen molar-refractivity contribution in [3.8, 4) is 0 Å². The van der Waals surface area contributed by atoms with E-state index in [-0.39, 0.29) is 11.6 Å². The van der Waals surface area contributed by atoms with Crippen molar-refractivity contribution in [3.05, 3.63) is 73.7 Å². The highest BCUT2D eigenvalue weighted by atomic mass is 35.5. The zero-order chi connectivity index (χ0) is 20.5. The first-order chi connectivity index (χ1) is 14.0. The third-order valence-electron chi connectivity index (χ3n) is 5.22. The Balaban J connectivity index is 1.64. The fraction of sp³-hybridized carbons (Fsp3) is 0.286. The Morgan fingerprint density at radius 3 is 2.83 bits per heavy atom. The topological polar surface area (TPSA) is 75.3 Å². The van der Waals surface area contributed by atoms with Crippen molar-refractivity contribution < 1.29 is 9.53 Å². The van der Waals surface area contributed by atoms with Crippen molar-refractivity contribution in [1.82, 2.24) is 14.9 Å². The highest BCUT2D eigenvalue weighted by Crippen LogP contribution is 2.35. The van der Waals surface area contributed by atoms with Gasteiger partial charge in [-0.1, -0.05) is 29.3 Å². The number of aromatic amines is 1. The quantitative estimate of drug-likeness (QED) is 0.621. The molecule has 6 nitrogen and oxygen atoms in total. The number of H-pyrrole nitrogens is 1. The molecule has 1 atom stereocenters. The summed E-state index contributed by atoms with van der Waals surface area (Å²) in [5, 5.41) is 1.49. The van der Waals surface area contributed by atoms with E-state index < -0.39 is 5.97 Å². The lowest BCUT2D eigenvalue weighted by Gasteiger charge is -2.24. The molecule has 0 spiro atoms. The van der Waals surface area contributed by atoms with Gasteiger partial charge in [0.05, 0.1) is 40.2 Å². The zero-order valence-corrected chi connectivity index (χ0v) is 17.3. The summed E-state index contributed by atoms with van der Waals surface area (Å²) in [7, 11) is 1.32. The van der Waals surface area contributed by atoms with Crippen LogP contribution in [0.2, 0.25) is 10.0 Å². The smallest absolute Gasteiger partial charge is 0.337 e. The van der Waals surface area contributed by atoms with Gasteiger partial charge in [-0.05, 0) is 55.3 Å². The minimum Gasteiger partial charge on any atom is -0.465 e. The third-order valence-corrected chi connectivity index (χ3v) is 5.96. The van der Waals surface area contributed by atoms with Crippen molar-refractivity contribution in [3.63, 3.8) is 0 Å². The third kappa shape index (κ3) is 4.01. The molecule has 8 heteroatoms. The number of esters is 1. The minimum absolute atomic E-state index is 0.173. The molecule has 3 aromatic rings. The number of ether oxygens (including phenoxy) is 1. The Kier molecular flexibility index (Phi) is 5.58. The summed E-state index contributed by atoms with van der Waals surface area (Å²) < 4.78 is 4.75. The van der Waals surface area contributed by atoms with Gasteiger partial charge < -0.3 is 9.72 Å². The first kappa shape index (κ1) is 19.9. The molecule has 1 fully saturated rings. The molecule has 1 aliphatic heterocycles. The van der Waals surface area contributed by atoms with Crippen molar-refractivity contribution in [2.75, 3.05) is 13.7 Å². The number of hydrogen-bond acceptors (Lipinski definition) is 5. The average Bonchev–Trinajstić information content (AvgIpc) is 3.17. The summed E-state index contributed by atoms with van der Waals surface area (Å²) in [6, 6.07) is 10.6. The summed E-state index contributed by atoms with van der Waals surface area (Å²) in [5.74, 6) is 0.0891. The Morgan fingerprint density at radius 1 is 1.24 bits per heavy atom. The molecule has 0 saturated carbocycles. The number of carbonyl (C=O) groups excluding carboxylic acids is 1. The molecule has 0 aliphatic carbocycles. The van der Waals surface area contributed by atoms with Gasteiger partial charge in [0.15, 0.2) is 0 Å². The molecule has 4 rings (SSSR count). The molecular formula is C21H19Cl2N3O3. The summed E-state index contributed by atoms with van der Waals surface area (Å²) in [5.41, 5.74) is 1.69. The largest absolute Gasteiger partial charge is 0.465 e. The number of likely N-dealkylation sites (tertiary alicyclic amines) is 1. The van der Waals surface area contributed by atoms with Crippen LogP contribution in [-0.2, 0) is 11.3 Å². The van der Waals surface area contributed by atoms with Crippen LogP contribution >= 0.6 is 23.2 Å². The number of nitrogens with one attached hydrogen (secondary N) is 1. The minimum atomic E-state index is -0.463. The van der Waals surface area contributed by atoms with Crippen LogP contribution in [0, 0.1) is 0 Å². The molecule has 0 amide bonds. The molecular weight excluding hydrogens is 413 g/mol. The van der Waals surface area contributed by atoms with Crippen molar-refractivity contribution in [2.45, 2.75) is 25.4 Å². The van der Waals surface area contributed by atoms with Gasteiger partial charge in [0.2, 0.25) is 0 Å². The lowest BCUT2D eigenvalue weighted by Crippen LogP contribution is -2.25. The van der Waals surface area contributed by atoms with Gasteiger partial charge in [-0.2, -0.15) is 0 Å². The average molecular weight is 432 g/mol. The Labute approximate surface area is 177 Å². The van der Waals surface area contributed by atoms with E-state index >= 15 is 0 Å². The second kappa shape index (κ2) is 8.14. The number of rotatable bonds is 4. The lowest BCUT2D eigenvalue weighted by atomic mass is 10.0. The van der Waals surface area contributed by atoms with E-state index in [0.717, 1.165) is 24.9 Å². The second-order valence-electron chi connectivity index (χ2n) is 7.04. The number of carbonyl (C=O) groups is 1. The van der Waals surface area contributed by atoms with Crippen LogP contribution in [0.5, 0.6) is 0 Å². The highest BCUT2D eigenvalue weighted by molar-refractivity contribution is 6.42. The predicted octanol–water partition coefficient (Wildman–Crippen LogP) is 4.35. The van der Waals surface area contributed by atoms with E-state index in [1.807, 2.05) is 12.1 Å². The first-order valence-electron chi connectivity index (χ1n) is 9.26. The van der Waals surface area contributed by atoms with Crippen molar-refractivity contribution in [1.29, 1.82) is 0 Å². The maximum atomic E-state index is 12.5. The predicted molar refractivity (Wildman–Crippen MR) is 113 cm³/mol. The molecule has 1 aromatic heterocycles. The monoisotopic (exact) mass is 431 g/mol. The Hall–Kier alpha value is -2.41. The SMILES string of the molecule is COC(=O)c1ccc2c(=O)[nH]c(CN3CCCC3c3ccc(Cl)c(Cl)c3)nc2c1.